The number of rotatable bonds is 5. The van der Waals surface area contributed by atoms with Gasteiger partial charge in [0.15, 0.2) is 6.10 Å². The third-order valence-corrected chi connectivity index (χ3v) is 3.73. The van der Waals surface area contributed by atoms with Crippen molar-refractivity contribution >= 4 is 28.5 Å². The Kier molecular flexibility index (Phi) is 4.61. The Labute approximate surface area is 139 Å². The minimum atomic E-state index is -0.858. The third-order valence-electron chi connectivity index (χ3n) is 3.73. The van der Waals surface area contributed by atoms with Crippen molar-refractivity contribution in [3.8, 4) is 0 Å². The molecular weight excluding hydrogens is 304 g/mol. The highest BCUT2D eigenvalue weighted by Gasteiger charge is 2.19. The lowest BCUT2D eigenvalue weighted by molar-refractivity contribution is -0.152. The fourth-order valence-electron chi connectivity index (χ4n) is 2.49. The van der Waals surface area contributed by atoms with E-state index in [1.54, 1.807) is 25.3 Å². The fraction of sp³-hybridized carbons (Fsp3) is 0.158. The van der Waals surface area contributed by atoms with Crippen LogP contribution in [0.1, 0.15) is 12.5 Å². The smallest absolute Gasteiger partial charge is 0.311 e. The molecule has 5 nitrogen and oxygen atoms in total. The molecule has 0 bridgehead atoms. The molecule has 2 N–H and O–H groups in total. The van der Waals surface area contributed by atoms with Crippen molar-refractivity contribution in [1.29, 1.82) is 0 Å². The van der Waals surface area contributed by atoms with Crippen molar-refractivity contribution < 1.29 is 14.3 Å². The van der Waals surface area contributed by atoms with Crippen molar-refractivity contribution in [2.24, 2.45) is 0 Å². The second kappa shape index (κ2) is 7.00. The van der Waals surface area contributed by atoms with E-state index in [1.165, 1.54) is 0 Å². The average Bonchev–Trinajstić information content (AvgIpc) is 2.99. The molecule has 0 aliphatic heterocycles. The molecule has 3 rings (SSSR count). The summed E-state index contributed by atoms with van der Waals surface area (Å²) in [4.78, 5) is 27.3. The first-order valence-corrected chi connectivity index (χ1v) is 7.74. The molecule has 0 saturated heterocycles. The van der Waals surface area contributed by atoms with E-state index in [0.29, 0.717) is 5.69 Å². The quantitative estimate of drug-likeness (QED) is 0.708. The maximum absolute atomic E-state index is 12.1. The number of aromatic nitrogens is 1. The van der Waals surface area contributed by atoms with Crippen molar-refractivity contribution in [2.45, 2.75) is 19.4 Å². The molecule has 0 spiro atoms. The van der Waals surface area contributed by atoms with Crippen LogP contribution < -0.4 is 5.32 Å². The van der Waals surface area contributed by atoms with Crippen LogP contribution in [-0.4, -0.2) is 23.0 Å². The number of amides is 1. The monoisotopic (exact) mass is 322 g/mol. The van der Waals surface area contributed by atoms with Gasteiger partial charge in [-0.2, -0.15) is 0 Å². The summed E-state index contributed by atoms with van der Waals surface area (Å²) < 4.78 is 5.24. The average molecular weight is 322 g/mol. The largest absolute Gasteiger partial charge is 0.452 e. The molecule has 0 fully saturated rings. The third kappa shape index (κ3) is 3.63. The SMILES string of the molecule is C[C@@H](OC(=O)Cc1c[nH]c2ccccc12)C(=O)Nc1ccccc1. The second-order valence-corrected chi connectivity index (χ2v) is 5.52. The predicted octanol–water partition coefficient (Wildman–Crippen LogP) is 3.28. The van der Waals surface area contributed by atoms with Gasteiger partial charge in [0.1, 0.15) is 0 Å². The van der Waals surface area contributed by atoms with Crippen LogP contribution in [0.15, 0.2) is 60.8 Å². The first kappa shape index (κ1) is 15.8. The van der Waals surface area contributed by atoms with Gasteiger partial charge >= 0.3 is 5.97 Å². The Balaban J connectivity index is 1.59. The van der Waals surface area contributed by atoms with Crippen molar-refractivity contribution in [3.05, 3.63) is 66.4 Å². The second-order valence-electron chi connectivity index (χ2n) is 5.52. The van der Waals surface area contributed by atoms with Gasteiger partial charge in [0, 0.05) is 22.8 Å². The van der Waals surface area contributed by atoms with Crippen molar-refractivity contribution in [1.82, 2.24) is 4.98 Å². The Hall–Kier alpha value is -3.08. The molecule has 24 heavy (non-hydrogen) atoms. The van der Waals surface area contributed by atoms with Gasteiger partial charge in [-0.1, -0.05) is 36.4 Å². The Bertz CT molecular complexity index is 855. The highest BCUT2D eigenvalue weighted by atomic mass is 16.5. The highest BCUT2D eigenvalue weighted by molar-refractivity contribution is 5.95. The van der Waals surface area contributed by atoms with E-state index in [-0.39, 0.29) is 12.3 Å². The van der Waals surface area contributed by atoms with Crippen LogP contribution >= 0.6 is 0 Å². The molecule has 0 aliphatic carbocycles. The number of carbonyl (C=O) groups is 2. The summed E-state index contributed by atoms with van der Waals surface area (Å²) in [7, 11) is 0. The lowest BCUT2D eigenvalue weighted by Gasteiger charge is -2.13. The minimum Gasteiger partial charge on any atom is -0.452 e. The van der Waals surface area contributed by atoms with E-state index in [4.69, 9.17) is 4.74 Å². The number of fused-ring (bicyclic) bond motifs is 1. The Morgan fingerprint density at radius 1 is 1.08 bits per heavy atom. The number of nitrogens with one attached hydrogen (secondary N) is 2. The van der Waals surface area contributed by atoms with E-state index >= 15 is 0 Å². The highest BCUT2D eigenvalue weighted by Crippen LogP contribution is 2.18. The summed E-state index contributed by atoms with van der Waals surface area (Å²) in [5.41, 5.74) is 2.49. The van der Waals surface area contributed by atoms with Gasteiger partial charge in [-0.15, -0.1) is 0 Å². The molecule has 5 heteroatoms. The lowest BCUT2D eigenvalue weighted by Crippen LogP contribution is -2.30. The maximum Gasteiger partial charge on any atom is 0.311 e. The number of esters is 1. The number of para-hydroxylation sites is 2. The summed E-state index contributed by atoms with van der Waals surface area (Å²) in [6.07, 6.45) is 1.05. The summed E-state index contributed by atoms with van der Waals surface area (Å²) in [5.74, 6) is -0.788. The number of ether oxygens (including phenoxy) is 1. The van der Waals surface area contributed by atoms with E-state index in [9.17, 15) is 9.59 Å². The van der Waals surface area contributed by atoms with E-state index in [1.807, 2.05) is 42.5 Å². The molecule has 1 amide bonds. The predicted molar refractivity (Wildman–Crippen MR) is 92.6 cm³/mol. The van der Waals surface area contributed by atoms with Crippen LogP contribution in [0.2, 0.25) is 0 Å². The van der Waals surface area contributed by atoms with Gasteiger partial charge in [-0.3, -0.25) is 9.59 Å². The first-order valence-electron chi connectivity index (χ1n) is 7.74. The Morgan fingerprint density at radius 3 is 2.58 bits per heavy atom. The van der Waals surface area contributed by atoms with Gasteiger partial charge in [-0.25, -0.2) is 0 Å². The van der Waals surface area contributed by atoms with Crippen LogP contribution in [0, 0.1) is 0 Å². The molecule has 2 aromatic carbocycles. The number of H-pyrrole nitrogens is 1. The standard InChI is InChI=1S/C19H18N2O3/c1-13(19(23)21-15-7-3-2-4-8-15)24-18(22)11-14-12-20-17-10-6-5-9-16(14)17/h2-10,12-13,20H,11H2,1H3,(H,21,23)/t13-/m1/s1. The molecule has 1 atom stereocenters. The summed E-state index contributed by atoms with van der Waals surface area (Å²) >= 11 is 0. The molecule has 0 aliphatic rings. The summed E-state index contributed by atoms with van der Waals surface area (Å²) in [6.45, 7) is 1.56. The number of anilines is 1. The lowest BCUT2D eigenvalue weighted by atomic mass is 10.1. The summed E-state index contributed by atoms with van der Waals surface area (Å²) in [6, 6.07) is 16.8. The molecule has 0 radical (unpaired) electrons. The molecular formula is C19H18N2O3. The van der Waals surface area contributed by atoms with Crippen molar-refractivity contribution in [2.75, 3.05) is 5.32 Å². The van der Waals surface area contributed by atoms with E-state index < -0.39 is 12.1 Å². The molecule has 0 saturated carbocycles. The molecule has 3 aromatic rings. The minimum absolute atomic E-state index is 0.118. The van der Waals surface area contributed by atoms with Crippen LogP contribution in [0.25, 0.3) is 10.9 Å². The van der Waals surface area contributed by atoms with E-state index in [2.05, 4.69) is 10.3 Å². The van der Waals surface area contributed by atoms with Gasteiger partial charge in [0.25, 0.3) is 5.91 Å². The topological polar surface area (TPSA) is 71.2 Å². The van der Waals surface area contributed by atoms with Gasteiger partial charge in [0.05, 0.1) is 6.42 Å². The number of hydrogen-bond donors (Lipinski definition) is 2. The zero-order valence-corrected chi connectivity index (χ0v) is 13.3. The van der Waals surface area contributed by atoms with Gasteiger partial charge in [0.2, 0.25) is 0 Å². The van der Waals surface area contributed by atoms with E-state index in [0.717, 1.165) is 16.5 Å². The fourth-order valence-corrected chi connectivity index (χ4v) is 2.49. The molecule has 1 aromatic heterocycles. The van der Waals surface area contributed by atoms with Crippen LogP contribution in [0.3, 0.4) is 0 Å². The van der Waals surface area contributed by atoms with Crippen LogP contribution in [0.4, 0.5) is 5.69 Å². The summed E-state index contributed by atoms with van der Waals surface area (Å²) in [5, 5.41) is 3.70. The molecule has 122 valence electrons. The zero-order valence-electron chi connectivity index (χ0n) is 13.3. The number of carbonyl (C=O) groups excluding carboxylic acids is 2. The van der Waals surface area contributed by atoms with Gasteiger partial charge < -0.3 is 15.0 Å². The normalized spacial score (nSPS) is 11.9. The number of benzene rings is 2. The Morgan fingerprint density at radius 2 is 1.79 bits per heavy atom. The number of aromatic amines is 1. The molecule has 1 heterocycles. The first-order chi connectivity index (χ1) is 11.6. The van der Waals surface area contributed by atoms with Crippen LogP contribution in [-0.2, 0) is 20.7 Å². The van der Waals surface area contributed by atoms with Crippen molar-refractivity contribution in [3.63, 3.8) is 0 Å². The number of hydrogen-bond acceptors (Lipinski definition) is 3. The molecule has 0 unspecified atom stereocenters. The van der Waals surface area contributed by atoms with Gasteiger partial charge in [-0.05, 0) is 30.7 Å². The van der Waals surface area contributed by atoms with Crippen LogP contribution in [0.5, 0.6) is 0 Å². The maximum atomic E-state index is 12.1. The zero-order chi connectivity index (χ0) is 16.9.